The fourth-order valence-electron chi connectivity index (χ4n) is 1.18. The van der Waals surface area contributed by atoms with Gasteiger partial charge < -0.3 is 4.74 Å². The Balaban J connectivity index is 2.62. The third-order valence-electron chi connectivity index (χ3n) is 1.78. The van der Waals surface area contributed by atoms with Crippen molar-refractivity contribution in [3.63, 3.8) is 0 Å². The van der Waals surface area contributed by atoms with Crippen molar-refractivity contribution in [3.8, 4) is 0 Å². The summed E-state index contributed by atoms with van der Waals surface area (Å²) in [7, 11) is 0. The van der Waals surface area contributed by atoms with Gasteiger partial charge >= 0.3 is 5.97 Å². The minimum atomic E-state index is -0.289. The van der Waals surface area contributed by atoms with E-state index in [2.05, 4.69) is 6.58 Å². The van der Waals surface area contributed by atoms with Crippen LogP contribution in [0.5, 0.6) is 0 Å². The number of ether oxygens (including phenoxy) is 1. The smallest absolute Gasteiger partial charge is 0.404 e. The van der Waals surface area contributed by atoms with Crippen molar-refractivity contribution in [1.82, 2.24) is 0 Å². The molecule has 0 spiro atoms. The van der Waals surface area contributed by atoms with Gasteiger partial charge in [0.25, 0.3) is 5.69 Å². The molecule has 0 aromatic carbocycles. The van der Waals surface area contributed by atoms with Crippen molar-refractivity contribution in [2.45, 2.75) is 0 Å². The number of pyridine rings is 1. The van der Waals surface area contributed by atoms with Gasteiger partial charge in [0.15, 0.2) is 12.8 Å². The van der Waals surface area contributed by atoms with E-state index in [0.29, 0.717) is 5.69 Å². The van der Waals surface area contributed by atoms with E-state index in [-0.39, 0.29) is 12.6 Å². The molecule has 2 rings (SSSR count). The van der Waals surface area contributed by atoms with Crippen molar-refractivity contribution in [3.05, 3.63) is 36.7 Å². The molecule has 0 atom stereocenters. The molecule has 0 fully saturated rings. The summed E-state index contributed by atoms with van der Waals surface area (Å²) in [5.74, 6) is -0.289. The second-order valence-electron chi connectivity index (χ2n) is 2.60. The first-order valence-electron chi connectivity index (χ1n) is 3.65. The second-order valence-corrected chi connectivity index (χ2v) is 2.60. The van der Waals surface area contributed by atoms with Crippen molar-refractivity contribution in [2.24, 2.45) is 0 Å². The number of carbonyl (C=O) groups excluding carboxylic acids is 1. The lowest BCUT2D eigenvalue weighted by Crippen LogP contribution is -2.44. The molecule has 2 heterocycles. The van der Waals surface area contributed by atoms with Gasteiger partial charge in [-0.15, -0.1) is 0 Å². The molecule has 0 aliphatic carbocycles. The first-order valence-corrected chi connectivity index (χ1v) is 3.65. The molecule has 3 heteroatoms. The number of hydrogen-bond acceptors (Lipinski definition) is 2. The highest BCUT2D eigenvalue weighted by atomic mass is 16.5. The molecule has 0 unspecified atom stereocenters. The zero-order chi connectivity index (χ0) is 8.55. The Morgan fingerprint density at radius 3 is 3.08 bits per heavy atom. The Morgan fingerprint density at radius 2 is 2.33 bits per heavy atom. The number of esters is 1. The van der Waals surface area contributed by atoms with Crippen LogP contribution in [-0.4, -0.2) is 12.6 Å². The van der Waals surface area contributed by atoms with E-state index in [4.69, 9.17) is 4.74 Å². The van der Waals surface area contributed by atoms with Crippen LogP contribution in [0.4, 0.5) is 0 Å². The van der Waals surface area contributed by atoms with Gasteiger partial charge in [-0.3, -0.25) is 0 Å². The average molecular weight is 162 g/mol. The largest absolute Gasteiger partial charge is 0.446 e. The number of cyclic esters (lactones) is 1. The first kappa shape index (κ1) is 7.03. The fourth-order valence-corrected chi connectivity index (χ4v) is 1.18. The molecule has 0 saturated carbocycles. The lowest BCUT2D eigenvalue weighted by atomic mass is 10.3. The number of rotatable bonds is 0. The van der Waals surface area contributed by atoms with Gasteiger partial charge in [0.1, 0.15) is 0 Å². The maximum Gasteiger partial charge on any atom is 0.404 e. The van der Waals surface area contributed by atoms with E-state index < -0.39 is 0 Å². The van der Waals surface area contributed by atoms with Crippen LogP contribution >= 0.6 is 0 Å². The summed E-state index contributed by atoms with van der Waals surface area (Å²) in [6.07, 6.45) is 1.80. The molecule has 1 aliphatic heterocycles. The average Bonchev–Trinajstić information content (AvgIpc) is 2.12. The first-order chi connectivity index (χ1) is 5.79. The van der Waals surface area contributed by atoms with Gasteiger partial charge in [-0.2, -0.15) is 4.57 Å². The lowest BCUT2D eigenvalue weighted by Gasteiger charge is -2.10. The SMILES string of the molecule is C=C1COC(=O)c2cccc[n+]21. The standard InChI is InChI=1S/C9H8NO2/c1-7-6-12-9(11)8-4-2-3-5-10(7)8/h2-5H,1,6H2/q+1. The van der Waals surface area contributed by atoms with E-state index in [9.17, 15) is 4.79 Å². The molecule has 12 heavy (non-hydrogen) atoms. The summed E-state index contributed by atoms with van der Waals surface area (Å²) in [6, 6.07) is 5.37. The molecule has 0 radical (unpaired) electrons. The van der Waals surface area contributed by atoms with E-state index in [1.54, 1.807) is 22.9 Å². The number of nitrogens with zero attached hydrogens (tertiary/aromatic N) is 1. The number of aromatic nitrogens is 1. The maximum atomic E-state index is 11.1. The summed E-state index contributed by atoms with van der Waals surface area (Å²) < 4.78 is 6.60. The van der Waals surface area contributed by atoms with Gasteiger partial charge in [-0.25, -0.2) is 4.79 Å². The maximum absolute atomic E-state index is 11.1. The summed E-state index contributed by atoms with van der Waals surface area (Å²) in [6.45, 7) is 4.05. The van der Waals surface area contributed by atoms with Crippen molar-refractivity contribution >= 4 is 11.7 Å². The Morgan fingerprint density at radius 1 is 1.50 bits per heavy atom. The van der Waals surface area contributed by atoms with Crippen LogP contribution in [0, 0.1) is 0 Å². The van der Waals surface area contributed by atoms with Gasteiger partial charge in [0.05, 0.1) is 0 Å². The highest BCUT2D eigenvalue weighted by Crippen LogP contribution is 2.05. The third-order valence-corrected chi connectivity index (χ3v) is 1.78. The molecule has 1 aliphatic rings. The topological polar surface area (TPSA) is 30.2 Å². The second kappa shape index (κ2) is 2.44. The fraction of sp³-hybridized carbons (Fsp3) is 0.111. The summed E-state index contributed by atoms with van der Waals surface area (Å²) in [5, 5.41) is 0. The Kier molecular flexibility index (Phi) is 1.43. The van der Waals surface area contributed by atoms with Gasteiger partial charge in [-0.05, 0) is 12.6 Å². The normalized spacial score (nSPS) is 15.3. The van der Waals surface area contributed by atoms with Crippen molar-refractivity contribution in [2.75, 3.05) is 6.61 Å². The minimum absolute atomic E-state index is 0.278. The van der Waals surface area contributed by atoms with E-state index >= 15 is 0 Å². The Bertz CT molecular complexity index is 322. The monoisotopic (exact) mass is 162 g/mol. The predicted octanol–water partition coefficient (Wildman–Crippen LogP) is 0.615. The highest BCUT2D eigenvalue weighted by molar-refractivity contribution is 5.87. The van der Waals surface area contributed by atoms with Crippen LogP contribution in [-0.2, 0) is 4.74 Å². The quantitative estimate of drug-likeness (QED) is 0.413. The minimum Gasteiger partial charge on any atom is -0.446 e. The van der Waals surface area contributed by atoms with E-state index in [1.165, 1.54) is 0 Å². The molecule has 3 nitrogen and oxygen atoms in total. The van der Waals surface area contributed by atoms with Crippen LogP contribution in [0.2, 0.25) is 0 Å². The summed E-state index contributed by atoms with van der Waals surface area (Å²) in [4.78, 5) is 11.1. The number of carbonyl (C=O) groups is 1. The van der Waals surface area contributed by atoms with Crippen LogP contribution in [0.25, 0.3) is 5.70 Å². The van der Waals surface area contributed by atoms with Gasteiger partial charge in [-0.1, -0.05) is 0 Å². The predicted molar refractivity (Wildman–Crippen MR) is 42.2 cm³/mol. The van der Waals surface area contributed by atoms with Crippen LogP contribution < -0.4 is 4.57 Å². The van der Waals surface area contributed by atoms with E-state index in [1.807, 2.05) is 6.07 Å². The Labute approximate surface area is 69.9 Å². The molecule has 0 saturated heterocycles. The lowest BCUT2D eigenvalue weighted by molar-refractivity contribution is -0.591. The zero-order valence-corrected chi connectivity index (χ0v) is 6.49. The molecule has 60 valence electrons. The molecule has 1 aromatic heterocycles. The number of hydrogen-bond donors (Lipinski definition) is 0. The number of fused-ring (bicyclic) bond motifs is 1. The molecule has 0 N–H and O–H groups in total. The molecule has 0 amide bonds. The van der Waals surface area contributed by atoms with Gasteiger partial charge in [0, 0.05) is 12.1 Å². The molecule has 1 aromatic rings. The summed E-state index contributed by atoms with van der Waals surface area (Å²) >= 11 is 0. The molecular weight excluding hydrogens is 154 g/mol. The zero-order valence-electron chi connectivity index (χ0n) is 6.49. The van der Waals surface area contributed by atoms with Crippen LogP contribution in [0.1, 0.15) is 10.5 Å². The van der Waals surface area contributed by atoms with Crippen LogP contribution in [0.15, 0.2) is 31.0 Å². The van der Waals surface area contributed by atoms with Crippen LogP contribution in [0.3, 0.4) is 0 Å². The third kappa shape index (κ3) is 0.906. The molecular formula is C9H8NO2+. The summed E-state index contributed by atoms with van der Waals surface area (Å²) in [5.41, 5.74) is 1.32. The van der Waals surface area contributed by atoms with Gasteiger partial charge in [0.2, 0.25) is 5.70 Å². The van der Waals surface area contributed by atoms with Crippen molar-refractivity contribution < 1.29 is 14.1 Å². The van der Waals surface area contributed by atoms with Crippen molar-refractivity contribution in [1.29, 1.82) is 0 Å². The molecule has 0 bridgehead atoms. The Hall–Kier alpha value is -1.64. The highest BCUT2D eigenvalue weighted by Gasteiger charge is 2.28. The van der Waals surface area contributed by atoms with E-state index in [0.717, 1.165) is 5.70 Å².